The third-order valence-electron chi connectivity index (χ3n) is 2.18. The number of anilines is 1. The molecule has 1 amide bonds. The number of amides is 1. The van der Waals surface area contributed by atoms with E-state index in [1.54, 1.807) is 13.2 Å². The second-order valence-corrected chi connectivity index (χ2v) is 5.02. The molecule has 0 fully saturated rings. The number of methoxy groups -OCH3 is 1. The molecule has 0 aliphatic carbocycles. The van der Waals surface area contributed by atoms with Crippen LogP contribution in [0.4, 0.5) is 5.69 Å². The van der Waals surface area contributed by atoms with Crippen LogP contribution >= 0.6 is 23.4 Å². The van der Waals surface area contributed by atoms with E-state index in [1.165, 1.54) is 11.8 Å². The molecule has 1 aliphatic rings. The van der Waals surface area contributed by atoms with Gasteiger partial charge in [0.1, 0.15) is 5.75 Å². The zero-order valence-corrected chi connectivity index (χ0v) is 9.91. The van der Waals surface area contributed by atoms with Crippen LogP contribution in [-0.4, -0.2) is 18.3 Å². The van der Waals surface area contributed by atoms with Gasteiger partial charge in [0.2, 0.25) is 5.91 Å². The van der Waals surface area contributed by atoms with Crippen LogP contribution < -0.4 is 10.1 Å². The van der Waals surface area contributed by atoms with Crippen molar-refractivity contribution in [1.29, 1.82) is 0 Å². The van der Waals surface area contributed by atoms with Crippen molar-refractivity contribution in [2.24, 2.45) is 0 Å². The number of halogens is 1. The Hall–Kier alpha value is -0.870. The molecular weight excluding hydrogens is 234 g/mol. The Bertz CT molecular complexity index is 422. The molecule has 3 nitrogen and oxygen atoms in total. The Morgan fingerprint density at radius 1 is 1.53 bits per heavy atom. The van der Waals surface area contributed by atoms with E-state index in [-0.39, 0.29) is 11.2 Å². The molecular formula is C10H10ClNO2S. The average molecular weight is 244 g/mol. The average Bonchev–Trinajstić information content (AvgIpc) is 2.21. The van der Waals surface area contributed by atoms with Gasteiger partial charge in [0, 0.05) is 11.0 Å². The lowest BCUT2D eigenvalue weighted by atomic mass is 10.2. The molecule has 0 radical (unpaired) electrons. The van der Waals surface area contributed by atoms with Crippen LogP contribution in [0, 0.1) is 0 Å². The monoisotopic (exact) mass is 243 g/mol. The maximum Gasteiger partial charge on any atom is 0.237 e. The molecule has 0 saturated carbocycles. The highest BCUT2D eigenvalue weighted by Crippen LogP contribution is 2.42. The van der Waals surface area contributed by atoms with E-state index in [2.05, 4.69) is 5.32 Å². The fourth-order valence-electron chi connectivity index (χ4n) is 1.36. The van der Waals surface area contributed by atoms with Crippen molar-refractivity contribution in [3.05, 3.63) is 17.2 Å². The predicted octanol–water partition coefficient (Wildman–Crippen LogP) is 2.78. The quantitative estimate of drug-likeness (QED) is 0.824. The summed E-state index contributed by atoms with van der Waals surface area (Å²) >= 11 is 7.52. The summed E-state index contributed by atoms with van der Waals surface area (Å²) in [5.41, 5.74) is 0.686. The van der Waals surface area contributed by atoms with E-state index in [4.69, 9.17) is 16.3 Å². The first-order valence-electron chi connectivity index (χ1n) is 4.47. The van der Waals surface area contributed by atoms with E-state index in [1.807, 2.05) is 13.0 Å². The lowest BCUT2D eigenvalue weighted by Crippen LogP contribution is -2.26. The van der Waals surface area contributed by atoms with Crippen molar-refractivity contribution in [2.45, 2.75) is 17.1 Å². The van der Waals surface area contributed by atoms with Crippen LogP contribution in [0.3, 0.4) is 0 Å². The van der Waals surface area contributed by atoms with Gasteiger partial charge in [-0.25, -0.2) is 0 Å². The highest BCUT2D eigenvalue weighted by molar-refractivity contribution is 8.01. The van der Waals surface area contributed by atoms with E-state index in [0.29, 0.717) is 16.5 Å². The number of rotatable bonds is 1. The number of carbonyl (C=O) groups is 1. The molecule has 1 aromatic carbocycles. The number of benzene rings is 1. The summed E-state index contributed by atoms with van der Waals surface area (Å²) in [4.78, 5) is 12.4. The van der Waals surface area contributed by atoms with Gasteiger partial charge in [0.25, 0.3) is 0 Å². The van der Waals surface area contributed by atoms with Crippen LogP contribution in [0.25, 0.3) is 0 Å². The third-order valence-corrected chi connectivity index (χ3v) is 3.63. The Morgan fingerprint density at radius 2 is 2.27 bits per heavy atom. The van der Waals surface area contributed by atoms with Gasteiger partial charge in [0.05, 0.1) is 23.1 Å². The van der Waals surface area contributed by atoms with Gasteiger partial charge in [-0.05, 0) is 13.0 Å². The molecule has 2 rings (SSSR count). The summed E-state index contributed by atoms with van der Waals surface area (Å²) in [5, 5.41) is 3.20. The first kappa shape index (κ1) is 10.6. The minimum atomic E-state index is -0.0966. The first-order chi connectivity index (χ1) is 7.11. The standard InChI is InChI=1S/C10H10ClNO2S/c1-5-10(13)12-9-7(11)3-6(14-2)4-8(9)15-5/h3-5H,1-2H3,(H,12,13). The summed E-state index contributed by atoms with van der Waals surface area (Å²) in [5.74, 6) is 0.689. The maximum absolute atomic E-state index is 11.4. The number of hydrogen-bond acceptors (Lipinski definition) is 3. The van der Waals surface area contributed by atoms with E-state index < -0.39 is 0 Å². The SMILES string of the molecule is COc1cc(Cl)c2c(c1)SC(C)C(=O)N2. The van der Waals surface area contributed by atoms with Crippen LogP contribution in [0.5, 0.6) is 5.75 Å². The topological polar surface area (TPSA) is 38.3 Å². The summed E-state index contributed by atoms with van der Waals surface area (Å²) < 4.78 is 5.11. The lowest BCUT2D eigenvalue weighted by Gasteiger charge is -2.22. The Morgan fingerprint density at radius 3 is 2.93 bits per heavy atom. The molecule has 0 saturated heterocycles. The van der Waals surface area contributed by atoms with Crippen molar-refractivity contribution in [2.75, 3.05) is 12.4 Å². The van der Waals surface area contributed by atoms with Gasteiger partial charge >= 0.3 is 0 Å². The molecule has 1 aromatic rings. The summed E-state index contributed by atoms with van der Waals surface area (Å²) in [7, 11) is 1.59. The zero-order chi connectivity index (χ0) is 11.0. The van der Waals surface area contributed by atoms with Crippen LogP contribution in [0.2, 0.25) is 5.02 Å². The lowest BCUT2D eigenvalue weighted by molar-refractivity contribution is -0.115. The number of fused-ring (bicyclic) bond motifs is 1. The number of ether oxygens (including phenoxy) is 1. The molecule has 80 valence electrons. The fraction of sp³-hybridized carbons (Fsp3) is 0.300. The highest BCUT2D eigenvalue weighted by Gasteiger charge is 2.25. The minimum Gasteiger partial charge on any atom is -0.497 e. The smallest absolute Gasteiger partial charge is 0.237 e. The van der Waals surface area contributed by atoms with Crippen molar-refractivity contribution in [3.8, 4) is 5.75 Å². The molecule has 1 atom stereocenters. The van der Waals surface area contributed by atoms with E-state index in [0.717, 1.165) is 4.90 Å². The molecule has 1 N–H and O–H groups in total. The highest BCUT2D eigenvalue weighted by atomic mass is 35.5. The number of carbonyl (C=O) groups excluding carboxylic acids is 1. The number of thioether (sulfide) groups is 1. The largest absolute Gasteiger partial charge is 0.497 e. The minimum absolute atomic E-state index is 0.0143. The first-order valence-corrected chi connectivity index (χ1v) is 5.72. The Labute approximate surface area is 97.1 Å². The summed E-state index contributed by atoms with van der Waals surface area (Å²) in [6.45, 7) is 1.86. The molecule has 15 heavy (non-hydrogen) atoms. The zero-order valence-electron chi connectivity index (χ0n) is 8.33. The van der Waals surface area contributed by atoms with Crippen molar-refractivity contribution in [1.82, 2.24) is 0 Å². The summed E-state index contributed by atoms with van der Waals surface area (Å²) in [6.07, 6.45) is 0. The number of hydrogen-bond donors (Lipinski definition) is 1. The van der Waals surface area contributed by atoms with Crippen molar-refractivity contribution < 1.29 is 9.53 Å². The Balaban J connectivity index is 2.48. The van der Waals surface area contributed by atoms with Crippen LogP contribution in [0.15, 0.2) is 17.0 Å². The molecule has 0 bridgehead atoms. The third kappa shape index (κ3) is 1.92. The molecule has 5 heteroatoms. The van der Waals surface area contributed by atoms with Gasteiger partial charge in [0.15, 0.2) is 0 Å². The second-order valence-electron chi connectivity index (χ2n) is 3.23. The maximum atomic E-state index is 11.4. The van der Waals surface area contributed by atoms with Gasteiger partial charge in [-0.1, -0.05) is 11.6 Å². The van der Waals surface area contributed by atoms with Gasteiger partial charge < -0.3 is 10.1 Å². The predicted molar refractivity (Wildman–Crippen MR) is 62.0 cm³/mol. The summed E-state index contributed by atoms with van der Waals surface area (Å²) in [6, 6.07) is 3.57. The van der Waals surface area contributed by atoms with Crippen LogP contribution in [0.1, 0.15) is 6.92 Å². The molecule has 0 aromatic heterocycles. The molecule has 1 heterocycles. The molecule has 1 unspecified atom stereocenters. The van der Waals surface area contributed by atoms with Crippen LogP contribution in [-0.2, 0) is 4.79 Å². The van der Waals surface area contributed by atoms with Crippen molar-refractivity contribution >= 4 is 35.0 Å². The van der Waals surface area contributed by atoms with E-state index in [9.17, 15) is 4.79 Å². The van der Waals surface area contributed by atoms with Crippen molar-refractivity contribution in [3.63, 3.8) is 0 Å². The molecule has 1 aliphatic heterocycles. The number of nitrogens with one attached hydrogen (secondary N) is 1. The van der Waals surface area contributed by atoms with E-state index >= 15 is 0 Å². The fourth-order valence-corrected chi connectivity index (χ4v) is 2.68. The molecule has 0 spiro atoms. The normalized spacial score (nSPS) is 19.4. The second kappa shape index (κ2) is 3.94. The van der Waals surface area contributed by atoms with Gasteiger partial charge in [-0.3, -0.25) is 4.79 Å². The van der Waals surface area contributed by atoms with Gasteiger partial charge in [-0.2, -0.15) is 0 Å². The Kier molecular flexibility index (Phi) is 2.80. The van der Waals surface area contributed by atoms with Gasteiger partial charge in [-0.15, -0.1) is 11.8 Å².